The zero-order valence-corrected chi connectivity index (χ0v) is 11.1. The van der Waals surface area contributed by atoms with Gasteiger partial charge in [-0.25, -0.2) is 8.78 Å². The molecule has 3 rings (SSSR count). The first-order chi connectivity index (χ1) is 9.61. The lowest BCUT2D eigenvalue weighted by Gasteiger charge is -2.23. The summed E-state index contributed by atoms with van der Waals surface area (Å²) in [6, 6.07) is 3.76. The molecule has 108 valence electrons. The van der Waals surface area contributed by atoms with Crippen LogP contribution in [0.1, 0.15) is 30.7 Å². The van der Waals surface area contributed by atoms with Crippen molar-refractivity contribution in [3.05, 3.63) is 35.4 Å². The van der Waals surface area contributed by atoms with Crippen molar-refractivity contribution in [3.8, 4) is 0 Å². The molecular formula is C15H17F2NO2. The summed E-state index contributed by atoms with van der Waals surface area (Å²) in [5.41, 5.74) is 0.682. The van der Waals surface area contributed by atoms with E-state index in [-0.39, 0.29) is 30.4 Å². The van der Waals surface area contributed by atoms with E-state index in [1.807, 2.05) is 0 Å². The Morgan fingerprint density at radius 1 is 1.35 bits per heavy atom. The lowest BCUT2D eigenvalue weighted by molar-refractivity contribution is -0.134. The lowest BCUT2D eigenvalue weighted by atomic mass is 10.1. The number of carbonyl (C=O) groups excluding carboxylic acids is 1. The van der Waals surface area contributed by atoms with E-state index in [9.17, 15) is 18.7 Å². The average molecular weight is 281 g/mol. The van der Waals surface area contributed by atoms with Gasteiger partial charge in [0.25, 0.3) is 0 Å². The molecule has 2 aliphatic rings. The first-order valence-electron chi connectivity index (χ1n) is 6.98. The highest BCUT2D eigenvalue weighted by atomic mass is 19.2. The summed E-state index contributed by atoms with van der Waals surface area (Å²) < 4.78 is 26.1. The molecule has 1 aromatic carbocycles. The molecule has 2 fully saturated rings. The number of benzene rings is 1. The second kappa shape index (κ2) is 5.13. The first kappa shape index (κ1) is 13.5. The second-order valence-corrected chi connectivity index (χ2v) is 5.63. The molecule has 20 heavy (non-hydrogen) atoms. The van der Waals surface area contributed by atoms with E-state index >= 15 is 0 Å². The number of amides is 1. The van der Waals surface area contributed by atoms with Gasteiger partial charge < -0.3 is 10.0 Å². The maximum absolute atomic E-state index is 13.2. The van der Waals surface area contributed by atoms with Crippen LogP contribution in [0.25, 0.3) is 0 Å². The van der Waals surface area contributed by atoms with E-state index < -0.39 is 11.6 Å². The molecule has 5 heteroatoms. The van der Waals surface area contributed by atoms with Crippen LogP contribution in [0.2, 0.25) is 0 Å². The molecule has 3 atom stereocenters. The standard InChI is InChI=1S/C15H17F2NO2/c16-13-4-3-9(6-14(13)17)11-7-12(11)15(20)18-5-1-2-10(18)8-19/h3-4,6,10-12,19H,1-2,5,7-8H2/t10-,11+,12-/m1/s1. The van der Waals surface area contributed by atoms with Gasteiger partial charge in [0.15, 0.2) is 11.6 Å². The van der Waals surface area contributed by atoms with Crippen LogP contribution in [0, 0.1) is 17.6 Å². The molecule has 0 radical (unpaired) electrons. The molecule has 3 nitrogen and oxygen atoms in total. The number of nitrogens with zero attached hydrogens (tertiary/aromatic N) is 1. The Hall–Kier alpha value is -1.49. The van der Waals surface area contributed by atoms with E-state index in [4.69, 9.17) is 0 Å². The second-order valence-electron chi connectivity index (χ2n) is 5.63. The minimum absolute atomic E-state index is 0.00565. The predicted molar refractivity (Wildman–Crippen MR) is 69.0 cm³/mol. The topological polar surface area (TPSA) is 40.5 Å². The van der Waals surface area contributed by atoms with Gasteiger partial charge in [0.1, 0.15) is 0 Å². The van der Waals surface area contributed by atoms with Gasteiger partial charge in [-0.3, -0.25) is 4.79 Å². The number of aliphatic hydroxyl groups is 1. The maximum atomic E-state index is 13.2. The number of likely N-dealkylation sites (tertiary alicyclic amines) is 1. The van der Waals surface area contributed by atoms with Crippen LogP contribution in [0.15, 0.2) is 18.2 Å². The SMILES string of the molecule is O=C([C@@H]1C[C@H]1c1ccc(F)c(F)c1)N1CCC[C@@H]1CO. The van der Waals surface area contributed by atoms with Gasteiger partial charge in [-0.2, -0.15) is 0 Å². The van der Waals surface area contributed by atoms with Gasteiger partial charge in [-0.05, 0) is 42.9 Å². The molecule has 1 N–H and O–H groups in total. The van der Waals surface area contributed by atoms with E-state index in [0.717, 1.165) is 18.9 Å². The van der Waals surface area contributed by atoms with Crippen LogP contribution in [0.3, 0.4) is 0 Å². The smallest absolute Gasteiger partial charge is 0.226 e. The molecule has 0 spiro atoms. The van der Waals surface area contributed by atoms with E-state index in [2.05, 4.69) is 0 Å². The zero-order chi connectivity index (χ0) is 14.3. The normalized spacial score (nSPS) is 28.8. The minimum atomic E-state index is -0.866. The molecule has 1 heterocycles. The lowest BCUT2D eigenvalue weighted by Crippen LogP contribution is -2.38. The van der Waals surface area contributed by atoms with Crippen LogP contribution in [-0.4, -0.2) is 35.1 Å². The van der Waals surface area contributed by atoms with E-state index in [0.29, 0.717) is 18.5 Å². The summed E-state index contributed by atoms with van der Waals surface area (Å²) in [6.07, 6.45) is 2.43. The van der Waals surface area contributed by atoms with Gasteiger partial charge in [-0.15, -0.1) is 0 Å². The summed E-state index contributed by atoms with van der Waals surface area (Å²) in [7, 11) is 0. The van der Waals surface area contributed by atoms with Gasteiger partial charge in [-0.1, -0.05) is 6.07 Å². The highest BCUT2D eigenvalue weighted by Crippen LogP contribution is 2.49. The number of carbonyl (C=O) groups is 1. The Bertz CT molecular complexity index is 535. The van der Waals surface area contributed by atoms with Crippen LogP contribution in [0.5, 0.6) is 0 Å². The molecule has 1 saturated carbocycles. The van der Waals surface area contributed by atoms with Crippen molar-refractivity contribution in [3.63, 3.8) is 0 Å². The number of rotatable bonds is 3. The maximum Gasteiger partial charge on any atom is 0.226 e. The highest BCUT2D eigenvalue weighted by Gasteiger charge is 2.47. The van der Waals surface area contributed by atoms with E-state index in [1.165, 1.54) is 6.07 Å². The van der Waals surface area contributed by atoms with Crippen molar-refractivity contribution in [2.45, 2.75) is 31.2 Å². The Labute approximate surface area is 116 Å². The average Bonchev–Trinajstić information content (AvgIpc) is 3.10. The molecule has 1 amide bonds. The summed E-state index contributed by atoms with van der Waals surface area (Å²) in [5, 5.41) is 9.25. The van der Waals surface area contributed by atoms with Crippen LogP contribution in [0.4, 0.5) is 8.78 Å². The fourth-order valence-electron chi connectivity index (χ4n) is 3.11. The van der Waals surface area contributed by atoms with Crippen molar-refractivity contribution in [1.29, 1.82) is 0 Å². The van der Waals surface area contributed by atoms with Gasteiger partial charge in [0.05, 0.1) is 12.6 Å². The molecule has 1 saturated heterocycles. The Kier molecular flexibility index (Phi) is 3.46. The quantitative estimate of drug-likeness (QED) is 0.921. The zero-order valence-electron chi connectivity index (χ0n) is 11.1. The summed E-state index contributed by atoms with van der Waals surface area (Å²) >= 11 is 0. The number of aliphatic hydroxyl groups excluding tert-OH is 1. The van der Waals surface area contributed by atoms with Crippen molar-refractivity contribution in [1.82, 2.24) is 4.90 Å². The van der Waals surface area contributed by atoms with Gasteiger partial charge in [0, 0.05) is 12.5 Å². The van der Waals surface area contributed by atoms with Crippen molar-refractivity contribution in [2.75, 3.05) is 13.2 Å². The van der Waals surface area contributed by atoms with Crippen molar-refractivity contribution in [2.24, 2.45) is 5.92 Å². The molecule has 1 aliphatic heterocycles. The molecule has 0 aromatic heterocycles. The van der Waals surface area contributed by atoms with Crippen LogP contribution < -0.4 is 0 Å². The predicted octanol–water partition coefficient (Wildman–Crippen LogP) is 2.05. The number of hydrogen-bond acceptors (Lipinski definition) is 2. The summed E-state index contributed by atoms with van der Waals surface area (Å²) in [5.74, 6) is -1.85. The monoisotopic (exact) mass is 281 g/mol. The highest BCUT2D eigenvalue weighted by molar-refractivity contribution is 5.83. The summed E-state index contributed by atoms with van der Waals surface area (Å²) in [6.45, 7) is 0.680. The van der Waals surface area contributed by atoms with E-state index in [1.54, 1.807) is 11.0 Å². The minimum Gasteiger partial charge on any atom is -0.394 e. The number of halogens is 2. The first-order valence-corrected chi connectivity index (χ1v) is 6.98. The largest absolute Gasteiger partial charge is 0.394 e. The molecule has 1 aromatic rings. The summed E-state index contributed by atoms with van der Waals surface area (Å²) in [4.78, 5) is 14.1. The third-order valence-corrected chi connectivity index (χ3v) is 4.35. The molecule has 0 unspecified atom stereocenters. The Morgan fingerprint density at radius 2 is 2.15 bits per heavy atom. The molecular weight excluding hydrogens is 264 g/mol. The van der Waals surface area contributed by atoms with Gasteiger partial charge in [0.2, 0.25) is 5.91 Å². The molecule has 1 aliphatic carbocycles. The third-order valence-electron chi connectivity index (χ3n) is 4.35. The van der Waals surface area contributed by atoms with Gasteiger partial charge >= 0.3 is 0 Å². The number of hydrogen-bond donors (Lipinski definition) is 1. The van der Waals surface area contributed by atoms with Crippen LogP contribution in [-0.2, 0) is 4.79 Å². The van der Waals surface area contributed by atoms with Crippen molar-refractivity contribution < 1.29 is 18.7 Å². The van der Waals surface area contributed by atoms with Crippen LogP contribution >= 0.6 is 0 Å². The fourth-order valence-corrected chi connectivity index (χ4v) is 3.11. The fraction of sp³-hybridized carbons (Fsp3) is 0.533. The Balaban J connectivity index is 1.69. The third kappa shape index (κ3) is 2.30. The van der Waals surface area contributed by atoms with Crippen molar-refractivity contribution >= 4 is 5.91 Å². The Morgan fingerprint density at radius 3 is 2.85 bits per heavy atom. The molecule has 0 bridgehead atoms.